The number of rotatable bonds is 7. The molecule has 0 spiro atoms. The molecule has 2 rings (SSSR count). The van der Waals surface area contributed by atoms with Crippen molar-refractivity contribution in [2.45, 2.75) is 38.3 Å². The zero-order valence-electron chi connectivity index (χ0n) is 13.9. The van der Waals surface area contributed by atoms with Crippen LogP contribution in [0.25, 0.3) is 0 Å². The zero-order valence-corrected chi connectivity index (χ0v) is 15.4. The van der Waals surface area contributed by atoms with E-state index in [0.29, 0.717) is 41.9 Å². The lowest BCUT2D eigenvalue weighted by atomic mass is 10.1. The first-order chi connectivity index (χ1) is 11.9. The SMILES string of the molecule is CC(Oc1ccc(Cl)cc1Cl)C(=O)N(CCC(=O)O)C1CCOCC1. The number of carboxylic acid groups (broad SMARTS) is 1. The summed E-state index contributed by atoms with van der Waals surface area (Å²) < 4.78 is 11.0. The molecule has 1 aromatic rings. The molecule has 1 heterocycles. The van der Waals surface area contributed by atoms with Gasteiger partial charge in [-0.2, -0.15) is 0 Å². The third-order valence-electron chi connectivity index (χ3n) is 4.03. The largest absolute Gasteiger partial charge is 0.481 e. The summed E-state index contributed by atoms with van der Waals surface area (Å²) in [5.74, 6) is -0.851. The molecule has 138 valence electrons. The molecular formula is C17H21Cl2NO5. The summed E-state index contributed by atoms with van der Waals surface area (Å²) in [6.07, 6.45) is 0.451. The normalized spacial score (nSPS) is 16.3. The van der Waals surface area contributed by atoms with Gasteiger partial charge < -0.3 is 19.5 Å². The summed E-state index contributed by atoms with van der Waals surface area (Å²) >= 11 is 11.9. The van der Waals surface area contributed by atoms with Gasteiger partial charge in [0.2, 0.25) is 0 Å². The van der Waals surface area contributed by atoms with Gasteiger partial charge in [0, 0.05) is 30.8 Å². The lowest BCUT2D eigenvalue weighted by molar-refractivity contribution is -0.144. The van der Waals surface area contributed by atoms with E-state index in [1.54, 1.807) is 24.0 Å². The molecule has 1 saturated heterocycles. The summed E-state index contributed by atoms with van der Waals surface area (Å²) in [4.78, 5) is 25.3. The second-order valence-electron chi connectivity index (χ2n) is 5.85. The molecule has 1 N–H and O–H groups in total. The number of hydrogen-bond acceptors (Lipinski definition) is 4. The van der Waals surface area contributed by atoms with Crippen LogP contribution >= 0.6 is 23.2 Å². The van der Waals surface area contributed by atoms with Crippen LogP contribution in [-0.4, -0.2) is 53.8 Å². The lowest BCUT2D eigenvalue weighted by Gasteiger charge is -2.35. The van der Waals surface area contributed by atoms with E-state index in [4.69, 9.17) is 37.8 Å². The Morgan fingerprint density at radius 3 is 2.64 bits per heavy atom. The molecule has 1 amide bonds. The Morgan fingerprint density at radius 2 is 2.04 bits per heavy atom. The fourth-order valence-electron chi connectivity index (χ4n) is 2.73. The highest BCUT2D eigenvalue weighted by Crippen LogP contribution is 2.29. The molecule has 0 bridgehead atoms. The molecule has 1 unspecified atom stereocenters. The second kappa shape index (κ2) is 9.27. The van der Waals surface area contributed by atoms with Crippen molar-refractivity contribution >= 4 is 35.1 Å². The van der Waals surface area contributed by atoms with Gasteiger partial charge in [0.25, 0.3) is 5.91 Å². The number of amides is 1. The van der Waals surface area contributed by atoms with Crippen LogP contribution < -0.4 is 4.74 Å². The number of carbonyl (C=O) groups is 2. The maximum atomic E-state index is 12.8. The second-order valence-corrected chi connectivity index (χ2v) is 6.70. The summed E-state index contributed by atoms with van der Waals surface area (Å²) in [6, 6.07) is 4.72. The molecule has 0 aromatic heterocycles. The van der Waals surface area contributed by atoms with E-state index in [0.717, 1.165) is 0 Å². The number of ether oxygens (including phenoxy) is 2. The zero-order chi connectivity index (χ0) is 18.4. The minimum Gasteiger partial charge on any atom is -0.481 e. The van der Waals surface area contributed by atoms with E-state index in [9.17, 15) is 9.59 Å². The monoisotopic (exact) mass is 389 g/mol. The molecule has 1 atom stereocenters. The highest BCUT2D eigenvalue weighted by Gasteiger charge is 2.30. The van der Waals surface area contributed by atoms with Crippen LogP contribution in [-0.2, 0) is 14.3 Å². The molecule has 1 aliphatic heterocycles. The molecule has 8 heteroatoms. The Kier molecular flexibility index (Phi) is 7.35. The van der Waals surface area contributed by atoms with Crippen molar-refractivity contribution in [2.24, 2.45) is 0 Å². The van der Waals surface area contributed by atoms with E-state index in [2.05, 4.69) is 0 Å². The van der Waals surface area contributed by atoms with E-state index < -0.39 is 12.1 Å². The topological polar surface area (TPSA) is 76.1 Å². The smallest absolute Gasteiger partial charge is 0.305 e. The number of benzene rings is 1. The van der Waals surface area contributed by atoms with Crippen molar-refractivity contribution in [1.82, 2.24) is 4.90 Å². The van der Waals surface area contributed by atoms with Crippen LogP contribution in [0, 0.1) is 0 Å². The highest BCUT2D eigenvalue weighted by molar-refractivity contribution is 6.35. The molecule has 1 aliphatic rings. The minimum atomic E-state index is -0.945. The summed E-state index contributed by atoms with van der Waals surface area (Å²) in [7, 11) is 0. The fraction of sp³-hybridized carbons (Fsp3) is 0.529. The van der Waals surface area contributed by atoms with Crippen molar-refractivity contribution in [3.05, 3.63) is 28.2 Å². The Hall–Kier alpha value is -1.50. The van der Waals surface area contributed by atoms with Gasteiger partial charge in [0.15, 0.2) is 6.10 Å². The van der Waals surface area contributed by atoms with Crippen molar-refractivity contribution < 1.29 is 24.2 Å². The standard InChI is InChI=1S/C17H21Cl2NO5/c1-11(25-15-3-2-12(18)10-14(15)19)17(23)20(7-4-16(21)22)13-5-8-24-9-6-13/h2-3,10-11,13H,4-9H2,1H3,(H,21,22). The first kappa shape index (κ1) is 19.8. The molecule has 1 fully saturated rings. The van der Waals surface area contributed by atoms with Gasteiger partial charge in [-0.3, -0.25) is 9.59 Å². The molecule has 1 aromatic carbocycles. The Balaban J connectivity index is 2.08. The van der Waals surface area contributed by atoms with Crippen molar-refractivity contribution in [2.75, 3.05) is 19.8 Å². The maximum Gasteiger partial charge on any atom is 0.305 e. The Morgan fingerprint density at radius 1 is 1.36 bits per heavy atom. The van der Waals surface area contributed by atoms with E-state index in [-0.39, 0.29) is 24.9 Å². The number of hydrogen-bond donors (Lipinski definition) is 1. The van der Waals surface area contributed by atoms with Crippen LogP contribution in [0.1, 0.15) is 26.2 Å². The van der Waals surface area contributed by atoms with E-state index in [1.807, 2.05) is 0 Å². The molecule has 6 nitrogen and oxygen atoms in total. The van der Waals surface area contributed by atoms with Crippen LogP contribution in [0.15, 0.2) is 18.2 Å². The maximum absolute atomic E-state index is 12.8. The Bertz CT molecular complexity index is 619. The van der Waals surface area contributed by atoms with Crippen molar-refractivity contribution in [1.29, 1.82) is 0 Å². The third-order valence-corrected chi connectivity index (χ3v) is 4.56. The van der Waals surface area contributed by atoms with Crippen LogP contribution in [0.3, 0.4) is 0 Å². The molecule has 0 radical (unpaired) electrons. The average Bonchev–Trinajstić information content (AvgIpc) is 2.58. The number of carbonyl (C=O) groups excluding carboxylic acids is 1. The first-order valence-corrected chi connectivity index (χ1v) is 8.86. The quantitative estimate of drug-likeness (QED) is 0.774. The number of nitrogens with zero attached hydrogens (tertiary/aromatic N) is 1. The van der Waals surface area contributed by atoms with Gasteiger partial charge in [-0.15, -0.1) is 0 Å². The average molecular weight is 390 g/mol. The van der Waals surface area contributed by atoms with Gasteiger partial charge in [0.1, 0.15) is 5.75 Å². The van der Waals surface area contributed by atoms with E-state index in [1.165, 1.54) is 6.07 Å². The van der Waals surface area contributed by atoms with E-state index >= 15 is 0 Å². The Labute approximate surface area is 156 Å². The first-order valence-electron chi connectivity index (χ1n) is 8.10. The highest BCUT2D eigenvalue weighted by atomic mass is 35.5. The van der Waals surface area contributed by atoms with Gasteiger partial charge in [0.05, 0.1) is 11.4 Å². The van der Waals surface area contributed by atoms with Gasteiger partial charge in [-0.05, 0) is 38.0 Å². The van der Waals surface area contributed by atoms with Gasteiger partial charge in [-0.25, -0.2) is 0 Å². The van der Waals surface area contributed by atoms with Gasteiger partial charge >= 0.3 is 5.97 Å². The summed E-state index contributed by atoms with van der Waals surface area (Å²) in [5, 5.41) is 9.74. The predicted molar refractivity (Wildman–Crippen MR) is 94.4 cm³/mol. The molecule has 0 aliphatic carbocycles. The molecule has 0 saturated carbocycles. The lowest BCUT2D eigenvalue weighted by Crippen LogP contribution is -2.49. The predicted octanol–water partition coefficient (Wildman–Crippen LogP) is 3.24. The van der Waals surface area contributed by atoms with Crippen molar-refractivity contribution in [3.63, 3.8) is 0 Å². The summed E-state index contributed by atoms with van der Waals surface area (Å²) in [6.45, 7) is 2.88. The minimum absolute atomic E-state index is 0.0488. The number of aliphatic carboxylic acids is 1. The molecule has 25 heavy (non-hydrogen) atoms. The van der Waals surface area contributed by atoms with Crippen LogP contribution in [0.2, 0.25) is 10.0 Å². The van der Waals surface area contributed by atoms with Gasteiger partial charge in [-0.1, -0.05) is 23.2 Å². The third kappa shape index (κ3) is 5.76. The number of halogens is 2. The fourth-order valence-corrected chi connectivity index (χ4v) is 3.18. The van der Waals surface area contributed by atoms with Crippen molar-refractivity contribution in [3.8, 4) is 5.75 Å². The summed E-state index contributed by atoms with van der Waals surface area (Å²) in [5.41, 5.74) is 0. The van der Waals surface area contributed by atoms with Crippen LogP contribution in [0.5, 0.6) is 5.75 Å². The number of carboxylic acids is 1. The molecular weight excluding hydrogens is 369 g/mol. The van der Waals surface area contributed by atoms with Crippen LogP contribution in [0.4, 0.5) is 0 Å².